The quantitative estimate of drug-likeness (QED) is 0.837. The van der Waals surface area contributed by atoms with E-state index in [2.05, 4.69) is 4.98 Å². The third-order valence-corrected chi connectivity index (χ3v) is 3.71. The number of hydrogen-bond donors (Lipinski definition) is 0. The smallest absolute Gasteiger partial charge is 0.255 e. The maximum atomic E-state index is 13.0. The van der Waals surface area contributed by atoms with Crippen LogP contribution >= 0.6 is 0 Å². The van der Waals surface area contributed by atoms with Crippen LogP contribution in [0.3, 0.4) is 0 Å². The van der Waals surface area contributed by atoms with E-state index < -0.39 is 0 Å². The lowest BCUT2D eigenvalue weighted by Gasteiger charge is -2.31. The minimum atomic E-state index is 0.0234. The molecule has 0 fully saturated rings. The second-order valence-electron chi connectivity index (χ2n) is 6.01. The van der Waals surface area contributed by atoms with Gasteiger partial charge in [-0.2, -0.15) is 0 Å². The molecule has 4 nitrogen and oxygen atoms in total. The fourth-order valence-electron chi connectivity index (χ4n) is 2.78. The van der Waals surface area contributed by atoms with Crippen molar-refractivity contribution in [2.45, 2.75) is 39.8 Å². The van der Waals surface area contributed by atoms with Gasteiger partial charge in [0, 0.05) is 29.3 Å². The molecule has 1 heterocycles. The summed E-state index contributed by atoms with van der Waals surface area (Å²) in [5, 5.41) is 0. The zero-order valence-corrected chi connectivity index (χ0v) is 14.4. The molecular formula is C19H24N2O2. The van der Waals surface area contributed by atoms with Crippen molar-refractivity contribution in [1.29, 1.82) is 0 Å². The Bertz CT molecular complexity index is 673. The number of amides is 1. The predicted molar refractivity (Wildman–Crippen MR) is 92.7 cm³/mol. The average Bonchev–Trinajstić information content (AvgIpc) is 2.54. The largest absolute Gasteiger partial charge is 0.481 e. The minimum Gasteiger partial charge on any atom is -0.481 e. The van der Waals surface area contributed by atoms with E-state index >= 15 is 0 Å². The van der Waals surface area contributed by atoms with Crippen molar-refractivity contribution in [1.82, 2.24) is 9.88 Å². The SMILES string of the molecule is COc1cccc(-c2ccccc2C(=O)N(C(C)C)C(C)C)n1. The van der Waals surface area contributed by atoms with Gasteiger partial charge in [0.15, 0.2) is 0 Å². The first-order valence-electron chi connectivity index (χ1n) is 7.88. The molecular weight excluding hydrogens is 288 g/mol. The van der Waals surface area contributed by atoms with Gasteiger partial charge >= 0.3 is 0 Å². The zero-order chi connectivity index (χ0) is 17.0. The first kappa shape index (κ1) is 17.0. The fraction of sp³-hybridized carbons (Fsp3) is 0.368. The summed E-state index contributed by atoms with van der Waals surface area (Å²) in [6, 6.07) is 13.4. The molecule has 0 aliphatic rings. The Morgan fingerprint density at radius 1 is 1.00 bits per heavy atom. The molecule has 23 heavy (non-hydrogen) atoms. The molecule has 0 radical (unpaired) electrons. The maximum Gasteiger partial charge on any atom is 0.255 e. The van der Waals surface area contributed by atoms with Gasteiger partial charge in [-0.05, 0) is 39.8 Å². The molecule has 1 aromatic heterocycles. The Kier molecular flexibility index (Phi) is 5.37. The molecule has 0 saturated carbocycles. The third kappa shape index (κ3) is 3.70. The zero-order valence-electron chi connectivity index (χ0n) is 14.4. The summed E-state index contributed by atoms with van der Waals surface area (Å²) in [7, 11) is 1.59. The predicted octanol–water partition coefficient (Wildman–Crippen LogP) is 4.02. The van der Waals surface area contributed by atoms with E-state index in [4.69, 9.17) is 4.74 Å². The van der Waals surface area contributed by atoms with Crippen molar-refractivity contribution in [3.63, 3.8) is 0 Å². The number of carbonyl (C=O) groups excluding carboxylic acids is 1. The third-order valence-electron chi connectivity index (χ3n) is 3.71. The van der Waals surface area contributed by atoms with E-state index in [-0.39, 0.29) is 18.0 Å². The topological polar surface area (TPSA) is 42.4 Å². The molecule has 0 spiro atoms. The van der Waals surface area contributed by atoms with Gasteiger partial charge in [0.25, 0.3) is 5.91 Å². The van der Waals surface area contributed by atoms with Crippen LogP contribution in [-0.4, -0.2) is 35.0 Å². The number of carbonyl (C=O) groups is 1. The van der Waals surface area contributed by atoms with Gasteiger partial charge < -0.3 is 9.64 Å². The summed E-state index contributed by atoms with van der Waals surface area (Å²) in [6.45, 7) is 8.13. The molecule has 1 aromatic carbocycles. The highest BCUT2D eigenvalue weighted by atomic mass is 16.5. The normalized spacial score (nSPS) is 10.9. The van der Waals surface area contributed by atoms with Crippen molar-refractivity contribution in [3.05, 3.63) is 48.0 Å². The Labute approximate surface area is 138 Å². The number of rotatable bonds is 5. The van der Waals surface area contributed by atoms with Crippen LogP contribution in [0, 0.1) is 0 Å². The molecule has 2 aromatic rings. The molecule has 2 rings (SSSR count). The van der Waals surface area contributed by atoms with Gasteiger partial charge in [-0.15, -0.1) is 0 Å². The van der Waals surface area contributed by atoms with Crippen molar-refractivity contribution in [3.8, 4) is 17.1 Å². The Morgan fingerprint density at radius 3 is 2.26 bits per heavy atom. The van der Waals surface area contributed by atoms with Crippen molar-refractivity contribution in [2.75, 3.05) is 7.11 Å². The van der Waals surface area contributed by atoms with Gasteiger partial charge in [-0.1, -0.05) is 24.3 Å². The lowest BCUT2D eigenvalue weighted by Crippen LogP contribution is -2.42. The van der Waals surface area contributed by atoms with E-state index in [1.165, 1.54) is 0 Å². The second-order valence-corrected chi connectivity index (χ2v) is 6.01. The summed E-state index contributed by atoms with van der Waals surface area (Å²) in [5.41, 5.74) is 2.22. The van der Waals surface area contributed by atoms with Crippen molar-refractivity contribution >= 4 is 5.91 Å². The first-order chi connectivity index (χ1) is 11.0. The molecule has 0 bridgehead atoms. The van der Waals surface area contributed by atoms with Crippen molar-refractivity contribution in [2.24, 2.45) is 0 Å². The van der Waals surface area contributed by atoms with Crippen LogP contribution in [0.2, 0.25) is 0 Å². The molecule has 0 aliphatic carbocycles. The van der Waals surface area contributed by atoms with Crippen LogP contribution in [0.1, 0.15) is 38.1 Å². The van der Waals surface area contributed by atoms with Gasteiger partial charge in [0.05, 0.1) is 12.8 Å². The number of aromatic nitrogens is 1. The lowest BCUT2D eigenvalue weighted by molar-refractivity contribution is 0.0644. The number of benzene rings is 1. The summed E-state index contributed by atoms with van der Waals surface area (Å²) in [5.74, 6) is 0.560. The molecule has 0 aliphatic heterocycles. The van der Waals surface area contributed by atoms with Crippen LogP contribution in [0.25, 0.3) is 11.3 Å². The van der Waals surface area contributed by atoms with E-state index in [1.807, 2.05) is 69.0 Å². The van der Waals surface area contributed by atoms with E-state index in [1.54, 1.807) is 13.2 Å². The molecule has 0 saturated heterocycles. The van der Waals surface area contributed by atoms with Crippen LogP contribution in [0.5, 0.6) is 5.88 Å². The maximum absolute atomic E-state index is 13.0. The van der Waals surface area contributed by atoms with Crippen LogP contribution in [-0.2, 0) is 0 Å². The van der Waals surface area contributed by atoms with E-state index in [0.717, 1.165) is 11.3 Å². The molecule has 0 N–H and O–H groups in total. The van der Waals surface area contributed by atoms with Gasteiger partial charge in [0.1, 0.15) is 0 Å². The number of nitrogens with zero attached hydrogens (tertiary/aromatic N) is 2. The number of hydrogen-bond acceptors (Lipinski definition) is 3. The average molecular weight is 312 g/mol. The Balaban J connectivity index is 2.50. The molecule has 0 atom stereocenters. The second kappa shape index (κ2) is 7.27. The molecule has 4 heteroatoms. The molecule has 122 valence electrons. The van der Waals surface area contributed by atoms with Gasteiger partial charge in [0.2, 0.25) is 5.88 Å². The number of pyridine rings is 1. The highest BCUT2D eigenvalue weighted by molar-refractivity contribution is 6.00. The number of methoxy groups -OCH3 is 1. The van der Waals surface area contributed by atoms with Crippen LogP contribution in [0.4, 0.5) is 0 Å². The summed E-state index contributed by atoms with van der Waals surface area (Å²) in [4.78, 5) is 19.4. The van der Waals surface area contributed by atoms with Gasteiger partial charge in [-0.25, -0.2) is 4.98 Å². The van der Waals surface area contributed by atoms with E-state index in [9.17, 15) is 4.79 Å². The van der Waals surface area contributed by atoms with Crippen molar-refractivity contribution < 1.29 is 9.53 Å². The first-order valence-corrected chi connectivity index (χ1v) is 7.88. The van der Waals surface area contributed by atoms with Crippen LogP contribution in [0.15, 0.2) is 42.5 Å². The standard InChI is InChI=1S/C19H24N2O2/c1-13(2)21(14(3)4)19(22)16-10-7-6-9-15(16)17-11-8-12-18(20-17)23-5/h6-14H,1-5H3. The number of ether oxygens (including phenoxy) is 1. The van der Waals surface area contributed by atoms with E-state index in [0.29, 0.717) is 11.4 Å². The lowest BCUT2D eigenvalue weighted by atomic mass is 10.0. The molecule has 1 amide bonds. The monoisotopic (exact) mass is 312 g/mol. The summed E-state index contributed by atoms with van der Waals surface area (Å²) in [6.07, 6.45) is 0. The Hall–Kier alpha value is -2.36. The van der Waals surface area contributed by atoms with Gasteiger partial charge in [-0.3, -0.25) is 4.79 Å². The van der Waals surface area contributed by atoms with Crippen LogP contribution < -0.4 is 4.74 Å². The molecule has 0 unspecified atom stereocenters. The highest BCUT2D eigenvalue weighted by Crippen LogP contribution is 2.26. The summed E-state index contributed by atoms with van der Waals surface area (Å²) >= 11 is 0. The highest BCUT2D eigenvalue weighted by Gasteiger charge is 2.24. The fourth-order valence-corrected chi connectivity index (χ4v) is 2.78. The summed E-state index contributed by atoms with van der Waals surface area (Å²) < 4.78 is 5.19. The minimum absolute atomic E-state index is 0.0234. The Morgan fingerprint density at radius 2 is 1.65 bits per heavy atom.